The van der Waals surface area contributed by atoms with E-state index in [0.717, 1.165) is 19.2 Å². The summed E-state index contributed by atoms with van der Waals surface area (Å²) >= 11 is 0. The van der Waals surface area contributed by atoms with E-state index < -0.39 is 16.0 Å². The van der Waals surface area contributed by atoms with Crippen molar-refractivity contribution in [2.24, 2.45) is 5.14 Å². The van der Waals surface area contributed by atoms with Crippen LogP contribution in [0.4, 0.5) is 5.69 Å². The van der Waals surface area contributed by atoms with Gasteiger partial charge in [-0.05, 0) is 18.2 Å². The molecule has 0 radical (unpaired) electrons. The Hall–Kier alpha value is -1.64. The van der Waals surface area contributed by atoms with Crippen molar-refractivity contribution in [3.63, 3.8) is 0 Å². The SMILES string of the molecule is NS(=O)(=O)c1ccc(N2CCNCC2)c(C(=O)O)c1. The van der Waals surface area contributed by atoms with Crippen LogP contribution in [0.5, 0.6) is 0 Å². The third-order valence-corrected chi connectivity index (χ3v) is 3.90. The molecule has 4 N–H and O–H groups in total. The lowest BCUT2D eigenvalue weighted by atomic mass is 10.1. The Bertz CT molecular complexity index is 594. The maximum Gasteiger partial charge on any atom is 0.337 e. The van der Waals surface area contributed by atoms with Gasteiger partial charge in [-0.2, -0.15) is 0 Å². The highest BCUT2D eigenvalue weighted by atomic mass is 32.2. The van der Waals surface area contributed by atoms with Crippen LogP contribution in [-0.2, 0) is 10.0 Å². The van der Waals surface area contributed by atoms with Gasteiger partial charge in [0, 0.05) is 26.2 Å². The Morgan fingerprint density at radius 2 is 1.95 bits per heavy atom. The first-order valence-electron chi connectivity index (χ1n) is 5.75. The molecule has 104 valence electrons. The lowest BCUT2D eigenvalue weighted by Gasteiger charge is -2.30. The second-order valence-electron chi connectivity index (χ2n) is 4.27. The van der Waals surface area contributed by atoms with Crippen LogP contribution in [0.1, 0.15) is 10.4 Å². The molecular weight excluding hydrogens is 270 g/mol. The van der Waals surface area contributed by atoms with E-state index in [9.17, 15) is 18.3 Å². The summed E-state index contributed by atoms with van der Waals surface area (Å²) in [6, 6.07) is 3.93. The molecule has 0 amide bonds. The van der Waals surface area contributed by atoms with Crippen LogP contribution in [0.25, 0.3) is 0 Å². The Morgan fingerprint density at radius 1 is 1.32 bits per heavy atom. The van der Waals surface area contributed by atoms with Gasteiger partial charge in [-0.15, -0.1) is 0 Å². The van der Waals surface area contributed by atoms with Gasteiger partial charge in [-0.25, -0.2) is 18.4 Å². The van der Waals surface area contributed by atoms with E-state index in [4.69, 9.17) is 5.14 Å². The maximum absolute atomic E-state index is 11.3. The van der Waals surface area contributed by atoms with Crippen molar-refractivity contribution in [1.82, 2.24) is 5.32 Å². The minimum atomic E-state index is -3.90. The third kappa shape index (κ3) is 3.03. The molecule has 19 heavy (non-hydrogen) atoms. The molecule has 7 nitrogen and oxygen atoms in total. The molecule has 0 atom stereocenters. The lowest BCUT2D eigenvalue weighted by molar-refractivity contribution is 0.0697. The van der Waals surface area contributed by atoms with Gasteiger partial charge in [0.1, 0.15) is 0 Å². The van der Waals surface area contributed by atoms with Gasteiger partial charge in [-0.1, -0.05) is 0 Å². The molecule has 1 saturated heterocycles. The van der Waals surface area contributed by atoms with Crippen LogP contribution in [0, 0.1) is 0 Å². The molecule has 0 saturated carbocycles. The van der Waals surface area contributed by atoms with E-state index in [1.807, 2.05) is 4.90 Å². The molecule has 8 heteroatoms. The smallest absolute Gasteiger partial charge is 0.337 e. The zero-order chi connectivity index (χ0) is 14.0. The van der Waals surface area contributed by atoms with E-state index in [1.54, 1.807) is 0 Å². The monoisotopic (exact) mass is 285 g/mol. The molecule has 0 bridgehead atoms. The minimum absolute atomic E-state index is 0.0478. The number of carboxylic acids is 1. The van der Waals surface area contributed by atoms with Gasteiger partial charge >= 0.3 is 5.97 Å². The minimum Gasteiger partial charge on any atom is -0.478 e. The van der Waals surface area contributed by atoms with E-state index in [2.05, 4.69) is 5.32 Å². The summed E-state index contributed by atoms with van der Waals surface area (Å²) in [4.78, 5) is 13.0. The number of nitrogens with zero attached hydrogens (tertiary/aromatic N) is 1. The summed E-state index contributed by atoms with van der Waals surface area (Å²) in [7, 11) is -3.90. The molecule has 0 aromatic heterocycles. The first-order valence-corrected chi connectivity index (χ1v) is 7.30. The zero-order valence-electron chi connectivity index (χ0n) is 10.2. The third-order valence-electron chi connectivity index (χ3n) is 2.98. The summed E-state index contributed by atoms with van der Waals surface area (Å²) in [6.45, 7) is 2.87. The fourth-order valence-corrected chi connectivity index (χ4v) is 2.58. The molecular formula is C11H15N3O4S. The van der Waals surface area contributed by atoms with Crippen molar-refractivity contribution in [3.8, 4) is 0 Å². The number of carbonyl (C=O) groups is 1. The van der Waals surface area contributed by atoms with Crippen molar-refractivity contribution in [3.05, 3.63) is 23.8 Å². The van der Waals surface area contributed by atoms with Gasteiger partial charge in [0.05, 0.1) is 16.1 Å². The summed E-state index contributed by atoms with van der Waals surface area (Å²) in [5.74, 6) is -1.17. The number of anilines is 1. The predicted octanol–water partition coefficient (Wildman–Crippen LogP) is -0.558. The highest BCUT2D eigenvalue weighted by molar-refractivity contribution is 7.89. The van der Waals surface area contributed by atoms with Gasteiger partial charge in [0.25, 0.3) is 0 Å². The first-order chi connectivity index (χ1) is 8.89. The van der Waals surface area contributed by atoms with E-state index >= 15 is 0 Å². The number of carboxylic acid groups (broad SMARTS) is 1. The molecule has 1 fully saturated rings. The normalized spacial score (nSPS) is 16.4. The Balaban J connectivity index is 2.46. The number of benzene rings is 1. The average Bonchev–Trinajstić information content (AvgIpc) is 2.38. The van der Waals surface area contributed by atoms with Crippen LogP contribution in [-0.4, -0.2) is 45.7 Å². The summed E-state index contributed by atoms with van der Waals surface area (Å²) < 4.78 is 22.5. The number of nitrogens with two attached hydrogens (primary N) is 1. The highest BCUT2D eigenvalue weighted by Gasteiger charge is 2.20. The van der Waals surface area contributed by atoms with Crippen LogP contribution >= 0.6 is 0 Å². The van der Waals surface area contributed by atoms with Crippen molar-refractivity contribution < 1.29 is 18.3 Å². The van der Waals surface area contributed by atoms with Crippen molar-refractivity contribution in [1.29, 1.82) is 0 Å². The molecule has 1 aliphatic rings. The maximum atomic E-state index is 11.3. The molecule has 1 aromatic carbocycles. The fraction of sp³-hybridized carbons (Fsp3) is 0.364. The Morgan fingerprint density at radius 3 is 2.47 bits per heavy atom. The molecule has 0 unspecified atom stereocenters. The van der Waals surface area contributed by atoms with Gasteiger partial charge in [-0.3, -0.25) is 0 Å². The van der Waals surface area contributed by atoms with E-state index in [1.165, 1.54) is 12.1 Å². The largest absolute Gasteiger partial charge is 0.478 e. The number of nitrogens with one attached hydrogen (secondary N) is 1. The Labute approximate surface area is 111 Å². The number of aromatic carboxylic acids is 1. The number of sulfonamides is 1. The van der Waals surface area contributed by atoms with Crippen LogP contribution in [0.15, 0.2) is 23.1 Å². The summed E-state index contributed by atoms with van der Waals surface area (Å²) in [5, 5.41) is 17.4. The van der Waals surface area contributed by atoms with Gasteiger partial charge in [0.15, 0.2) is 0 Å². The van der Waals surface area contributed by atoms with E-state index in [0.29, 0.717) is 18.8 Å². The van der Waals surface area contributed by atoms with Crippen LogP contribution in [0.3, 0.4) is 0 Å². The van der Waals surface area contributed by atoms with Crippen molar-refractivity contribution in [2.75, 3.05) is 31.1 Å². The lowest BCUT2D eigenvalue weighted by Crippen LogP contribution is -2.44. The van der Waals surface area contributed by atoms with Crippen molar-refractivity contribution in [2.45, 2.75) is 4.90 Å². The summed E-state index contributed by atoms with van der Waals surface area (Å²) in [5.41, 5.74) is 0.467. The topological polar surface area (TPSA) is 113 Å². The zero-order valence-corrected chi connectivity index (χ0v) is 11.0. The van der Waals surface area contributed by atoms with Crippen molar-refractivity contribution >= 4 is 21.7 Å². The second kappa shape index (κ2) is 5.16. The predicted molar refractivity (Wildman–Crippen MR) is 69.9 cm³/mol. The number of piperazine rings is 1. The Kier molecular flexibility index (Phi) is 3.74. The summed E-state index contributed by atoms with van der Waals surface area (Å²) in [6.07, 6.45) is 0. The van der Waals surface area contributed by atoms with Gasteiger partial charge in [0.2, 0.25) is 10.0 Å². The number of rotatable bonds is 3. The van der Waals surface area contributed by atoms with Crippen LogP contribution < -0.4 is 15.4 Å². The van der Waals surface area contributed by atoms with Crippen LogP contribution in [0.2, 0.25) is 0 Å². The molecule has 1 aliphatic heterocycles. The van der Waals surface area contributed by atoms with Gasteiger partial charge < -0.3 is 15.3 Å². The fourth-order valence-electron chi connectivity index (χ4n) is 2.04. The highest BCUT2D eigenvalue weighted by Crippen LogP contribution is 2.24. The number of primary sulfonamides is 1. The average molecular weight is 285 g/mol. The molecule has 0 aliphatic carbocycles. The molecule has 1 heterocycles. The quantitative estimate of drug-likeness (QED) is 0.686. The molecule has 2 rings (SSSR count). The molecule has 1 aromatic rings. The number of hydrogen-bond donors (Lipinski definition) is 3. The standard InChI is InChI=1S/C11H15N3O4S/c12-19(17,18)8-1-2-10(9(7-8)11(15)16)14-5-3-13-4-6-14/h1-2,7,13H,3-6H2,(H,15,16)(H2,12,17,18). The first kappa shape index (κ1) is 13.8. The number of hydrogen-bond acceptors (Lipinski definition) is 5. The van der Waals surface area contributed by atoms with E-state index in [-0.39, 0.29) is 10.5 Å². The molecule has 0 spiro atoms. The second-order valence-corrected chi connectivity index (χ2v) is 5.83.